The number of alkyl halides is 1. The maximum absolute atomic E-state index is 14.1. The monoisotopic (exact) mass is 346 g/mol. The van der Waals surface area contributed by atoms with Crippen molar-refractivity contribution in [2.24, 2.45) is 0 Å². The Bertz CT molecular complexity index is 410. The summed E-state index contributed by atoms with van der Waals surface area (Å²) in [7, 11) is 3.07. The van der Waals surface area contributed by atoms with Crippen LogP contribution in [0.5, 0.6) is 11.5 Å². The molecule has 1 unspecified atom stereocenters. The second-order valence-corrected chi connectivity index (χ2v) is 6.00. The van der Waals surface area contributed by atoms with Crippen LogP contribution in [-0.2, 0) is 0 Å². The Hall–Kier alpha value is -0.770. The van der Waals surface area contributed by atoms with Gasteiger partial charge in [-0.25, -0.2) is 4.39 Å². The van der Waals surface area contributed by atoms with Crippen LogP contribution in [0.4, 0.5) is 4.39 Å². The van der Waals surface area contributed by atoms with E-state index >= 15 is 0 Å². The molecule has 0 heterocycles. The topological polar surface area (TPSA) is 18.5 Å². The molecule has 1 atom stereocenters. The van der Waals surface area contributed by atoms with E-state index in [-0.39, 0.29) is 10.6 Å². The average molecular weight is 347 g/mol. The third kappa shape index (κ3) is 4.97. The number of methoxy groups -OCH3 is 2. The second-order valence-electron chi connectivity index (χ2n) is 4.90. The zero-order valence-electron chi connectivity index (χ0n) is 12.5. The second kappa shape index (κ2) is 9.22. The largest absolute Gasteiger partial charge is 0.493 e. The van der Waals surface area contributed by atoms with Crippen molar-refractivity contribution in [1.82, 2.24) is 0 Å². The first-order chi connectivity index (χ1) is 9.63. The third-order valence-electron chi connectivity index (χ3n) is 3.40. The summed E-state index contributed by atoms with van der Waals surface area (Å²) in [6, 6.07) is 3.11. The Morgan fingerprint density at radius 2 is 1.65 bits per heavy atom. The van der Waals surface area contributed by atoms with E-state index in [9.17, 15) is 4.39 Å². The van der Waals surface area contributed by atoms with Gasteiger partial charge in [-0.15, -0.1) is 0 Å². The van der Waals surface area contributed by atoms with Crippen LogP contribution in [-0.4, -0.2) is 14.2 Å². The summed E-state index contributed by atoms with van der Waals surface area (Å²) in [5.41, 5.74) is 0.637. The van der Waals surface area contributed by atoms with Crippen molar-refractivity contribution < 1.29 is 13.9 Å². The minimum Gasteiger partial charge on any atom is -0.493 e. The molecular formula is C16H24BrFO2. The molecule has 0 aromatic heterocycles. The molecule has 0 aliphatic rings. The minimum absolute atomic E-state index is 0.0175. The molecule has 0 fully saturated rings. The van der Waals surface area contributed by atoms with Crippen LogP contribution in [0.25, 0.3) is 0 Å². The fourth-order valence-corrected chi connectivity index (χ4v) is 2.87. The van der Waals surface area contributed by atoms with Crippen molar-refractivity contribution >= 4 is 15.9 Å². The van der Waals surface area contributed by atoms with E-state index in [0.29, 0.717) is 17.1 Å². The van der Waals surface area contributed by atoms with E-state index < -0.39 is 0 Å². The summed E-state index contributed by atoms with van der Waals surface area (Å²) < 4.78 is 24.4. The number of hydrogen-bond donors (Lipinski definition) is 0. The number of rotatable bonds is 9. The quantitative estimate of drug-likeness (QED) is 0.425. The Balaban J connectivity index is 2.65. The van der Waals surface area contributed by atoms with Crippen LogP contribution in [0.2, 0.25) is 0 Å². The maximum Gasteiger partial charge on any atom is 0.163 e. The highest BCUT2D eigenvalue weighted by molar-refractivity contribution is 9.09. The van der Waals surface area contributed by atoms with Gasteiger partial charge in [0, 0.05) is 16.5 Å². The summed E-state index contributed by atoms with van der Waals surface area (Å²) in [6.07, 6.45) is 7.00. The van der Waals surface area contributed by atoms with Gasteiger partial charge in [-0.3, -0.25) is 0 Å². The Morgan fingerprint density at radius 1 is 1.05 bits per heavy atom. The lowest BCUT2D eigenvalue weighted by Gasteiger charge is -2.15. The zero-order valence-corrected chi connectivity index (χ0v) is 14.1. The van der Waals surface area contributed by atoms with Crippen molar-refractivity contribution in [1.29, 1.82) is 0 Å². The number of halogens is 2. The number of benzene rings is 1. The Morgan fingerprint density at radius 3 is 2.25 bits per heavy atom. The molecule has 114 valence electrons. The van der Waals surface area contributed by atoms with Crippen molar-refractivity contribution in [3.63, 3.8) is 0 Å². The third-order valence-corrected chi connectivity index (χ3v) is 4.35. The van der Waals surface area contributed by atoms with Crippen molar-refractivity contribution in [2.45, 2.75) is 50.3 Å². The lowest BCUT2D eigenvalue weighted by atomic mass is 10.0. The fraction of sp³-hybridized carbons (Fsp3) is 0.625. The molecular weight excluding hydrogens is 323 g/mol. The molecule has 0 spiro atoms. The van der Waals surface area contributed by atoms with Crippen LogP contribution < -0.4 is 9.47 Å². The molecule has 4 heteroatoms. The smallest absolute Gasteiger partial charge is 0.163 e. The lowest BCUT2D eigenvalue weighted by Crippen LogP contribution is -1.99. The van der Waals surface area contributed by atoms with E-state index in [1.165, 1.54) is 38.9 Å². The molecule has 0 saturated heterocycles. The molecule has 0 bridgehead atoms. The van der Waals surface area contributed by atoms with Crippen LogP contribution in [0, 0.1) is 5.82 Å². The molecule has 2 nitrogen and oxygen atoms in total. The van der Waals surface area contributed by atoms with Gasteiger partial charge in [-0.1, -0.05) is 55.0 Å². The zero-order chi connectivity index (χ0) is 15.0. The van der Waals surface area contributed by atoms with Gasteiger partial charge in [0.1, 0.15) is 5.82 Å². The first-order valence-corrected chi connectivity index (χ1v) is 8.11. The van der Waals surface area contributed by atoms with E-state index in [2.05, 4.69) is 22.9 Å². The first kappa shape index (κ1) is 17.3. The predicted molar refractivity (Wildman–Crippen MR) is 84.5 cm³/mol. The van der Waals surface area contributed by atoms with Crippen molar-refractivity contribution in [3.8, 4) is 11.5 Å². The summed E-state index contributed by atoms with van der Waals surface area (Å²) in [5.74, 6) is 0.744. The Kier molecular flexibility index (Phi) is 7.97. The SMILES string of the molecule is CCCCCCCC(Br)c1cc(OC)c(OC)cc1F. The van der Waals surface area contributed by atoms with Crippen molar-refractivity contribution in [3.05, 3.63) is 23.5 Å². The molecule has 1 rings (SSSR count). The molecule has 0 aliphatic heterocycles. The molecule has 20 heavy (non-hydrogen) atoms. The number of hydrogen-bond acceptors (Lipinski definition) is 2. The van der Waals surface area contributed by atoms with E-state index in [1.807, 2.05) is 0 Å². The minimum atomic E-state index is -0.252. The van der Waals surface area contributed by atoms with Gasteiger partial charge in [0.15, 0.2) is 11.5 Å². The van der Waals surface area contributed by atoms with Gasteiger partial charge in [-0.05, 0) is 12.5 Å². The molecule has 0 radical (unpaired) electrons. The van der Waals surface area contributed by atoms with Gasteiger partial charge in [-0.2, -0.15) is 0 Å². The van der Waals surface area contributed by atoms with Gasteiger partial charge in [0.2, 0.25) is 0 Å². The van der Waals surface area contributed by atoms with E-state index in [4.69, 9.17) is 9.47 Å². The van der Waals surface area contributed by atoms with Gasteiger partial charge >= 0.3 is 0 Å². The molecule has 1 aromatic rings. The standard InChI is InChI=1S/C16H24BrFO2/c1-4-5-6-7-8-9-13(17)12-10-15(19-2)16(20-3)11-14(12)18/h10-11,13H,4-9H2,1-3H3. The summed E-state index contributed by atoms with van der Waals surface area (Å²) in [6.45, 7) is 2.20. The van der Waals surface area contributed by atoms with Crippen LogP contribution in [0.1, 0.15) is 55.8 Å². The Labute approximate surface area is 129 Å². The number of unbranched alkanes of at least 4 members (excludes halogenated alkanes) is 4. The highest BCUT2D eigenvalue weighted by atomic mass is 79.9. The maximum atomic E-state index is 14.1. The number of ether oxygens (including phenoxy) is 2. The average Bonchev–Trinajstić information content (AvgIpc) is 2.46. The molecule has 0 saturated carbocycles. The van der Waals surface area contributed by atoms with Crippen LogP contribution >= 0.6 is 15.9 Å². The van der Waals surface area contributed by atoms with E-state index in [1.54, 1.807) is 13.2 Å². The summed E-state index contributed by atoms with van der Waals surface area (Å²) in [5, 5.41) is 0. The predicted octanol–water partition coefficient (Wildman–Crippen LogP) is 5.64. The van der Waals surface area contributed by atoms with Crippen LogP contribution in [0.3, 0.4) is 0 Å². The molecule has 0 N–H and O–H groups in total. The lowest BCUT2D eigenvalue weighted by molar-refractivity contribution is 0.351. The van der Waals surface area contributed by atoms with Crippen LogP contribution in [0.15, 0.2) is 12.1 Å². The van der Waals surface area contributed by atoms with Gasteiger partial charge in [0.05, 0.1) is 14.2 Å². The first-order valence-electron chi connectivity index (χ1n) is 7.19. The summed E-state index contributed by atoms with van der Waals surface area (Å²) in [4.78, 5) is 0.0175. The fourth-order valence-electron chi connectivity index (χ4n) is 2.19. The molecule has 0 aliphatic carbocycles. The highest BCUT2D eigenvalue weighted by Crippen LogP contribution is 2.37. The van der Waals surface area contributed by atoms with Crippen molar-refractivity contribution in [2.75, 3.05) is 14.2 Å². The highest BCUT2D eigenvalue weighted by Gasteiger charge is 2.17. The molecule has 1 aromatic carbocycles. The van der Waals surface area contributed by atoms with Gasteiger partial charge in [0.25, 0.3) is 0 Å². The molecule has 0 amide bonds. The summed E-state index contributed by atoms with van der Waals surface area (Å²) >= 11 is 3.58. The van der Waals surface area contributed by atoms with E-state index in [0.717, 1.165) is 12.8 Å². The normalized spacial score (nSPS) is 12.2. The van der Waals surface area contributed by atoms with Gasteiger partial charge < -0.3 is 9.47 Å².